The van der Waals surface area contributed by atoms with Gasteiger partial charge in [-0.1, -0.05) is 6.92 Å². The number of aryl methyl sites for hydroxylation is 1. The summed E-state index contributed by atoms with van der Waals surface area (Å²) in [6.45, 7) is 11.0. The molecule has 29 heavy (non-hydrogen) atoms. The van der Waals surface area contributed by atoms with Gasteiger partial charge in [0.1, 0.15) is 11.9 Å². The normalized spacial score (nSPS) is 23.4. The van der Waals surface area contributed by atoms with Crippen molar-refractivity contribution in [2.24, 2.45) is 10.9 Å². The van der Waals surface area contributed by atoms with Crippen molar-refractivity contribution < 1.29 is 5.11 Å². The molecule has 1 atom stereocenters. The number of aliphatic hydroxyl groups excluding tert-OH is 1. The quantitative estimate of drug-likeness (QED) is 0.828. The van der Waals surface area contributed by atoms with Crippen LogP contribution in [0.1, 0.15) is 69.1 Å². The van der Waals surface area contributed by atoms with Crippen LogP contribution >= 0.6 is 0 Å². The van der Waals surface area contributed by atoms with Crippen molar-refractivity contribution in [2.75, 3.05) is 26.2 Å². The van der Waals surface area contributed by atoms with Crippen molar-refractivity contribution in [1.82, 2.24) is 14.5 Å². The summed E-state index contributed by atoms with van der Waals surface area (Å²) in [5, 5.41) is 10.2. The number of allylic oxidation sites excluding steroid dienone is 1. The van der Waals surface area contributed by atoms with Crippen molar-refractivity contribution in [3.63, 3.8) is 0 Å². The second-order valence-corrected chi connectivity index (χ2v) is 8.83. The van der Waals surface area contributed by atoms with Gasteiger partial charge in [-0.15, -0.1) is 0 Å². The molecule has 0 saturated carbocycles. The summed E-state index contributed by atoms with van der Waals surface area (Å²) in [4.78, 5) is 24.8. The van der Waals surface area contributed by atoms with Gasteiger partial charge in [-0.2, -0.15) is 0 Å². The molecule has 4 rings (SSSR count). The highest BCUT2D eigenvalue weighted by Crippen LogP contribution is 2.29. The lowest BCUT2D eigenvalue weighted by Crippen LogP contribution is -2.39. The maximum Gasteiger partial charge on any atom is 0.257 e. The van der Waals surface area contributed by atoms with E-state index < -0.39 is 6.10 Å². The summed E-state index contributed by atoms with van der Waals surface area (Å²) in [7, 11) is 0. The van der Waals surface area contributed by atoms with Gasteiger partial charge in [0.25, 0.3) is 5.56 Å². The Morgan fingerprint density at radius 2 is 1.90 bits per heavy atom. The fourth-order valence-electron chi connectivity index (χ4n) is 5.22. The van der Waals surface area contributed by atoms with Crippen LogP contribution in [0.4, 0.5) is 0 Å². The zero-order valence-electron chi connectivity index (χ0n) is 18.1. The van der Waals surface area contributed by atoms with E-state index in [2.05, 4.69) is 23.7 Å². The van der Waals surface area contributed by atoms with Gasteiger partial charge in [-0.25, -0.2) is 4.98 Å². The number of hydrogen-bond donors (Lipinski definition) is 1. The maximum atomic E-state index is 13.0. The molecule has 1 unspecified atom stereocenters. The molecule has 1 saturated heterocycles. The highest BCUT2D eigenvalue weighted by molar-refractivity contribution is 6.04. The fourth-order valence-corrected chi connectivity index (χ4v) is 5.22. The minimum atomic E-state index is -0.604. The molecule has 1 N–H and O–H groups in total. The van der Waals surface area contributed by atoms with Gasteiger partial charge in [-0.05, 0) is 76.6 Å². The van der Waals surface area contributed by atoms with Crippen LogP contribution in [-0.2, 0) is 13.0 Å². The SMILES string of the molecule is CCC1=C(C)CN=C1C1CCN(CCc2c(C)nc3n(c2=O)CCCC3O)CC1. The van der Waals surface area contributed by atoms with Crippen molar-refractivity contribution in [1.29, 1.82) is 0 Å². The molecule has 0 radical (unpaired) electrons. The molecule has 0 aliphatic carbocycles. The molecule has 6 nitrogen and oxygen atoms in total. The molecule has 6 heteroatoms. The average Bonchev–Trinajstić information content (AvgIpc) is 3.09. The second kappa shape index (κ2) is 8.52. The molecule has 3 aliphatic heterocycles. The lowest BCUT2D eigenvalue weighted by molar-refractivity contribution is 0.129. The molecule has 1 aromatic heterocycles. The highest BCUT2D eigenvalue weighted by atomic mass is 16.3. The van der Waals surface area contributed by atoms with Crippen molar-refractivity contribution in [2.45, 2.75) is 71.9 Å². The van der Waals surface area contributed by atoms with E-state index in [4.69, 9.17) is 4.99 Å². The van der Waals surface area contributed by atoms with Crippen LogP contribution in [0.3, 0.4) is 0 Å². The van der Waals surface area contributed by atoms with Gasteiger partial charge >= 0.3 is 0 Å². The van der Waals surface area contributed by atoms with Crippen LogP contribution in [0.5, 0.6) is 0 Å². The second-order valence-electron chi connectivity index (χ2n) is 8.83. The number of likely N-dealkylation sites (tertiary alicyclic amines) is 1. The predicted octanol–water partition coefficient (Wildman–Crippen LogP) is 2.81. The number of aliphatic imine (C=N–C) groups is 1. The Hall–Kier alpha value is -1.79. The van der Waals surface area contributed by atoms with Gasteiger partial charge in [0.15, 0.2) is 0 Å². The zero-order valence-corrected chi connectivity index (χ0v) is 18.1. The third-order valence-electron chi connectivity index (χ3n) is 6.97. The first-order valence-electron chi connectivity index (χ1n) is 11.2. The summed E-state index contributed by atoms with van der Waals surface area (Å²) in [5.41, 5.74) is 5.97. The van der Waals surface area contributed by atoms with Crippen LogP contribution in [-0.4, -0.2) is 51.4 Å². The molecule has 1 aromatic rings. The third-order valence-corrected chi connectivity index (χ3v) is 6.97. The summed E-state index contributed by atoms with van der Waals surface area (Å²) in [6, 6.07) is 0. The largest absolute Gasteiger partial charge is 0.385 e. The minimum absolute atomic E-state index is 0.0506. The number of hydrogen-bond acceptors (Lipinski definition) is 5. The van der Waals surface area contributed by atoms with Crippen LogP contribution in [0.25, 0.3) is 0 Å². The van der Waals surface area contributed by atoms with Crippen LogP contribution in [0.2, 0.25) is 0 Å². The van der Waals surface area contributed by atoms with E-state index in [0.717, 1.165) is 69.5 Å². The number of fused-ring (bicyclic) bond motifs is 1. The van der Waals surface area contributed by atoms with E-state index in [1.54, 1.807) is 4.57 Å². The molecule has 0 bridgehead atoms. The lowest BCUT2D eigenvalue weighted by atomic mass is 9.86. The fraction of sp³-hybridized carbons (Fsp3) is 0.696. The Labute approximate surface area is 173 Å². The van der Waals surface area contributed by atoms with Crippen LogP contribution < -0.4 is 5.56 Å². The number of aromatic nitrogens is 2. The molecule has 0 aromatic carbocycles. The van der Waals surface area contributed by atoms with Gasteiger partial charge in [0.05, 0.1) is 6.54 Å². The molecular formula is C23H34N4O2. The summed E-state index contributed by atoms with van der Waals surface area (Å²) < 4.78 is 1.70. The summed E-state index contributed by atoms with van der Waals surface area (Å²) in [6.07, 6.45) is 5.06. The smallest absolute Gasteiger partial charge is 0.257 e. The first kappa shape index (κ1) is 20.5. The number of nitrogens with zero attached hydrogens (tertiary/aromatic N) is 4. The lowest BCUT2D eigenvalue weighted by Gasteiger charge is -2.32. The minimum Gasteiger partial charge on any atom is -0.385 e. The average molecular weight is 399 g/mol. The molecule has 3 aliphatic rings. The van der Waals surface area contributed by atoms with Gasteiger partial charge in [0.2, 0.25) is 0 Å². The Kier molecular flexibility index (Phi) is 6.02. The predicted molar refractivity (Wildman–Crippen MR) is 116 cm³/mol. The first-order valence-corrected chi connectivity index (χ1v) is 11.2. The van der Waals surface area contributed by atoms with E-state index in [9.17, 15) is 9.90 Å². The monoisotopic (exact) mass is 398 g/mol. The zero-order chi connectivity index (χ0) is 20.5. The van der Waals surface area contributed by atoms with E-state index in [-0.39, 0.29) is 5.56 Å². The molecule has 4 heterocycles. The first-order chi connectivity index (χ1) is 14.0. The topological polar surface area (TPSA) is 70.7 Å². The van der Waals surface area contributed by atoms with Crippen molar-refractivity contribution in [3.8, 4) is 0 Å². The third kappa shape index (κ3) is 3.97. The van der Waals surface area contributed by atoms with Crippen molar-refractivity contribution >= 4 is 5.71 Å². The Morgan fingerprint density at radius 1 is 1.14 bits per heavy atom. The molecule has 158 valence electrons. The molecule has 0 spiro atoms. The number of rotatable bonds is 5. The Morgan fingerprint density at radius 3 is 2.62 bits per heavy atom. The van der Waals surface area contributed by atoms with Crippen LogP contribution in [0.15, 0.2) is 20.9 Å². The van der Waals surface area contributed by atoms with E-state index in [1.807, 2.05) is 6.92 Å². The van der Waals surface area contributed by atoms with Gasteiger partial charge < -0.3 is 10.0 Å². The van der Waals surface area contributed by atoms with Crippen LogP contribution in [0, 0.1) is 12.8 Å². The summed E-state index contributed by atoms with van der Waals surface area (Å²) >= 11 is 0. The highest BCUT2D eigenvalue weighted by Gasteiger charge is 2.28. The Balaban J connectivity index is 1.38. The van der Waals surface area contributed by atoms with E-state index in [1.165, 1.54) is 16.9 Å². The van der Waals surface area contributed by atoms with Crippen molar-refractivity contribution in [3.05, 3.63) is 38.6 Å². The molecular weight excluding hydrogens is 364 g/mol. The number of aliphatic hydroxyl groups is 1. The standard InChI is InChI=1S/C23H34N4O2/c1-4-18-15(2)14-24-21(18)17-7-11-26(12-8-17)13-9-19-16(3)25-22-20(28)6-5-10-27(22)23(19)29/h17,20,28H,4-14H2,1-3H3. The summed E-state index contributed by atoms with van der Waals surface area (Å²) in [5.74, 6) is 1.15. The van der Waals surface area contributed by atoms with Gasteiger partial charge in [-0.3, -0.25) is 14.4 Å². The maximum absolute atomic E-state index is 13.0. The molecule has 0 amide bonds. The Bertz CT molecular complexity index is 891. The van der Waals surface area contributed by atoms with Gasteiger partial charge in [0, 0.05) is 36.0 Å². The van der Waals surface area contributed by atoms with E-state index in [0.29, 0.717) is 24.7 Å². The number of piperidine rings is 1. The molecule has 1 fully saturated rings. The van der Waals surface area contributed by atoms with E-state index >= 15 is 0 Å².